The van der Waals surface area contributed by atoms with Gasteiger partial charge in [-0.2, -0.15) is 24.5 Å². The van der Waals surface area contributed by atoms with Crippen LogP contribution in [0.4, 0.5) is 13.2 Å². The van der Waals surface area contributed by atoms with Gasteiger partial charge in [-0.25, -0.2) is 0 Å². The first-order valence-corrected chi connectivity index (χ1v) is 10.6. The van der Waals surface area contributed by atoms with Crippen molar-refractivity contribution >= 4 is 17.2 Å². The summed E-state index contributed by atoms with van der Waals surface area (Å²) in [5.74, 6) is -0.374. The predicted molar refractivity (Wildman–Crippen MR) is 111 cm³/mol. The van der Waals surface area contributed by atoms with Crippen LogP contribution in [0.5, 0.6) is 0 Å². The Hall–Kier alpha value is -2.64. The number of benzene rings is 2. The zero-order valence-corrected chi connectivity index (χ0v) is 17.0. The maximum atomic E-state index is 12.7. The van der Waals surface area contributed by atoms with Crippen LogP contribution in [0.2, 0.25) is 0 Å². The van der Waals surface area contributed by atoms with Crippen LogP contribution in [0.3, 0.4) is 0 Å². The Balaban J connectivity index is 1.46. The lowest BCUT2D eigenvalue weighted by Gasteiger charge is -2.35. The molecule has 3 aromatic rings. The zero-order chi connectivity index (χ0) is 21.1. The average molecular weight is 430 g/mol. The smallest absolute Gasteiger partial charge is 0.350 e. The third kappa shape index (κ3) is 4.57. The molecule has 1 aromatic heterocycles. The third-order valence-corrected chi connectivity index (χ3v) is 6.16. The molecule has 156 valence electrons. The van der Waals surface area contributed by atoms with Gasteiger partial charge in [0.25, 0.3) is 5.91 Å². The van der Waals surface area contributed by atoms with Gasteiger partial charge in [-0.15, -0.1) is 0 Å². The molecule has 0 saturated carbocycles. The molecule has 0 bridgehead atoms. The number of alkyl halides is 3. The van der Waals surface area contributed by atoms with E-state index in [0.717, 1.165) is 37.2 Å². The van der Waals surface area contributed by atoms with Crippen molar-refractivity contribution < 1.29 is 18.0 Å². The third-order valence-electron chi connectivity index (χ3n) is 5.46. The second-order valence-electron chi connectivity index (χ2n) is 7.35. The van der Waals surface area contributed by atoms with Crippen molar-refractivity contribution in [3.05, 3.63) is 93.2 Å². The molecule has 1 amide bonds. The largest absolute Gasteiger partial charge is 0.416 e. The van der Waals surface area contributed by atoms with Gasteiger partial charge in [-0.05, 0) is 64.2 Å². The summed E-state index contributed by atoms with van der Waals surface area (Å²) in [7, 11) is 0. The standard InChI is InChI=1S/C23H21F3N2OS/c24-23(25,26)20-7-5-17(6-8-20)22(29)27-13-21(19-10-12-30-15-19)28-11-9-16-3-1-2-4-18(16)14-28/h1-8,10,12,15,21H,9,11,13-14H2,(H,27,29)/t21-/m1/s1. The monoisotopic (exact) mass is 430 g/mol. The fourth-order valence-electron chi connectivity index (χ4n) is 3.81. The molecule has 2 heterocycles. The summed E-state index contributed by atoms with van der Waals surface area (Å²) in [6.07, 6.45) is -3.47. The molecule has 0 aliphatic carbocycles. The number of nitrogens with one attached hydrogen (secondary N) is 1. The zero-order valence-electron chi connectivity index (χ0n) is 16.2. The minimum absolute atomic E-state index is 0.00278. The van der Waals surface area contributed by atoms with E-state index in [2.05, 4.69) is 39.9 Å². The maximum Gasteiger partial charge on any atom is 0.416 e. The molecular weight excluding hydrogens is 409 g/mol. The van der Waals surface area contributed by atoms with Crippen molar-refractivity contribution in [3.63, 3.8) is 0 Å². The summed E-state index contributed by atoms with van der Waals surface area (Å²) in [5.41, 5.74) is 3.23. The number of carbonyl (C=O) groups excluding carboxylic acids is 1. The Labute approximate surface area is 177 Å². The molecule has 0 fully saturated rings. The van der Waals surface area contributed by atoms with E-state index < -0.39 is 11.7 Å². The first-order chi connectivity index (χ1) is 14.4. The van der Waals surface area contributed by atoms with Crippen LogP contribution >= 0.6 is 11.3 Å². The average Bonchev–Trinajstić information content (AvgIpc) is 3.27. The fourth-order valence-corrected chi connectivity index (χ4v) is 4.52. The lowest BCUT2D eigenvalue weighted by Crippen LogP contribution is -2.40. The molecule has 3 nitrogen and oxygen atoms in total. The second-order valence-corrected chi connectivity index (χ2v) is 8.13. The number of rotatable bonds is 5. The molecule has 0 unspecified atom stereocenters. The number of amides is 1. The summed E-state index contributed by atoms with van der Waals surface area (Å²) < 4.78 is 38.2. The highest BCUT2D eigenvalue weighted by atomic mass is 32.1. The molecule has 0 radical (unpaired) electrons. The van der Waals surface area contributed by atoms with Crippen molar-refractivity contribution in [2.24, 2.45) is 0 Å². The van der Waals surface area contributed by atoms with Gasteiger partial charge in [-0.3, -0.25) is 9.69 Å². The summed E-state index contributed by atoms with van der Waals surface area (Å²) in [5, 5.41) is 7.00. The second kappa shape index (κ2) is 8.62. The van der Waals surface area contributed by atoms with Crippen molar-refractivity contribution in [1.82, 2.24) is 10.2 Å². The summed E-state index contributed by atoms with van der Waals surface area (Å²) in [6, 6.07) is 14.7. The number of hydrogen-bond acceptors (Lipinski definition) is 3. The van der Waals surface area contributed by atoms with Gasteiger partial charge >= 0.3 is 6.18 Å². The van der Waals surface area contributed by atoms with Crippen LogP contribution in [0.25, 0.3) is 0 Å². The Morgan fingerprint density at radius 2 is 1.80 bits per heavy atom. The van der Waals surface area contributed by atoms with Crippen LogP contribution in [0.1, 0.15) is 38.7 Å². The van der Waals surface area contributed by atoms with Crippen LogP contribution in [0.15, 0.2) is 65.4 Å². The minimum atomic E-state index is -4.41. The van der Waals surface area contributed by atoms with E-state index in [4.69, 9.17) is 0 Å². The molecule has 2 aromatic carbocycles. The molecule has 1 N–H and O–H groups in total. The fraction of sp³-hybridized carbons (Fsp3) is 0.261. The first kappa shape index (κ1) is 20.6. The lowest BCUT2D eigenvalue weighted by atomic mass is 9.97. The molecular formula is C23H21F3N2OS. The van der Waals surface area contributed by atoms with Crippen molar-refractivity contribution in [2.45, 2.75) is 25.2 Å². The van der Waals surface area contributed by atoms with Gasteiger partial charge in [0.2, 0.25) is 0 Å². The number of fused-ring (bicyclic) bond motifs is 1. The van der Waals surface area contributed by atoms with Crippen LogP contribution in [0, 0.1) is 0 Å². The van der Waals surface area contributed by atoms with Gasteiger partial charge < -0.3 is 5.32 Å². The van der Waals surface area contributed by atoms with Crippen molar-refractivity contribution in [3.8, 4) is 0 Å². The number of carbonyl (C=O) groups is 1. The van der Waals surface area contributed by atoms with Gasteiger partial charge in [0.05, 0.1) is 11.6 Å². The first-order valence-electron chi connectivity index (χ1n) is 9.70. The molecule has 1 aliphatic heterocycles. The highest BCUT2D eigenvalue weighted by Crippen LogP contribution is 2.30. The van der Waals surface area contributed by atoms with Crippen LogP contribution in [-0.2, 0) is 19.1 Å². The molecule has 0 spiro atoms. The summed E-state index contributed by atoms with van der Waals surface area (Å²) in [6.45, 7) is 2.07. The Morgan fingerprint density at radius 1 is 1.07 bits per heavy atom. The van der Waals surface area contributed by atoms with Gasteiger partial charge in [0, 0.05) is 25.2 Å². The highest BCUT2D eigenvalue weighted by Gasteiger charge is 2.30. The van der Waals surface area contributed by atoms with E-state index in [0.29, 0.717) is 6.54 Å². The highest BCUT2D eigenvalue weighted by molar-refractivity contribution is 7.08. The van der Waals surface area contributed by atoms with Crippen LogP contribution in [-0.4, -0.2) is 23.9 Å². The molecule has 30 heavy (non-hydrogen) atoms. The van der Waals surface area contributed by atoms with Gasteiger partial charge in [0.1, 0.15) is 0 Å². The quantitative estimate of drug-likeness (QED) is 0.596. The Kier molecular flexibility index (Phi) is 5.92. The van der Waals surface area contributed by atoms with Gasteiger partial charge in [-0.1, -0.05) is 24.3 Å². The summed E-state index contributed by atoms with van der Waals surface area (Å²) in [4.78, 5) is 14.9. The molecule has 4 rings (SSSR count). The maximum absolute atomic E-state index is 12.7. The Morgan fingerprint density at radius 3 is 2.47 bits per heavy atom. The number of thiophene rings is 1. The summed E-state index contributed by atoms with van der Waals surface area (Å²) >= 11 is 1.61. The van der Waals surface area contributed by atoms with E-state index in [1.807, 2.05) is 11.4 Å². The predicted octanol–water partition coefficient (Wildman–Crippen LogP) is 5.30. The van der Waals surface area contributed by atoms with Crippen LogP contribution < -0.4 is 5.32 Å². The van der Waals surface area contributed by atoms with Crippen molar-refractivity contribution in [2.75, 3.05) is 13.1 Å². The van der Waals surface area contributed by atoms with E-state index >= 15 is 0 Å². The molecule has 7 heteroatoms. The minimum Gasteiger partial charge on any atom is -0.350 e. The topological polar surface area (TPSA) is 32.3 Å². The molecule has 0 saturated heterocycles. The van der Waals surface area contributed by atoms with E-state index in [1.54, 1.807) is 11.3 Å². The number of halogens is 3. The van der Waals surface area contributed by atoms with E-state index in [9.17, 15) is 18.0 Å². The van der Waals surface area contributed by atoms with E-state index in [-0.39, 0.29) is 17.5 Å². The normalized spacial score (nSPS) is 15.4. The molecule has 1 aliphatic rings. The SMILES string of the molecule is O=C(NC[C@H](c1ccsc1)N1CCc2ccccc2C1)c1ccc(C(F)(F)F)cc1. The van der Waals surface area contributed by atoms with E-state index in [1.165, 1.54) is 23.3 Å². The van der Waals surface area contributed by atoms with Gasteiger partial charge in [0.15, 0.2) is 0 Å². The lowest BCUT2D eigenvalue weighted by molar-refractivity contribution is -0.137. The molecule has 1 atom stereocenters. The number of nitrogens with zero attached hydrogens (tertiary/aromatic N) is 1. The Bertz CT molecular complexity index is 1000. The van der Waals surface area contributed by atoms with Crippen molar-refractivity contribution in [1.29, 1.82) is 0 Å². The number of hydrogen-bond donors (Lipinski definition) is 1.